The van der Waals surface area contributed by atoms with Crippen LogP contribution in [0.4, 0.5) is 26.3 Å². The van der Waals surface area contributed by atoms with Gasteiger partial charge in [-0.2, -0.15) is 13.2 Å². The molecule has 2 heterocycles. The Bertz CT molecular complexity index is 1000. The highest BCUT2D eigenvalue weighted by Crippen LogP contribution is 2.50. The average Bonchev–Trinajstić information content (AvgIpc) is 3.23. The van der Waals surface area contributed by atoms with Crippen LogP contribution in [-0.2, 0) is 22.9 Å². The maximum atomic E-state index is 13.0. The molecule has 35 heavy (non-hydrogen) atoms. The number of halogens is 6. The zero-order chi connectivity index (χ0) is 25.2. The number of hydrogen-bond donors (Lipinski definition) is 1. The summed E-state index contributed by atoms with van der Waals surface area (Å²) in [7, 11) is 0. The van der Waals surface area contributed by atoms with Crippen LogP contribution in [0.1, 0.15) is 61.6 Å². The Kier molecular flexibility index (Phi) is 7.33. The van der Waals surface area contributed by atoms with Crippen LogP contribution in [0.15, 0.2) is 42.7 Å². The van der Waals surface area contributed by atoms with Crippen molar-refractivity contribution in [2.24, 2.45) is 0 Å². The maximum absolute atomic E-state index is 13.0. The van der Waals surface area contributed by atoms with Crippen molar-refractivity contribution in [2.45, 2.75) is 75.0 Å². The average molecular weight is 502 g/mol. The number of ether oxygens (including phenoxy) is 2. The zero-order valence-electron chi connectivity index (χ0n) is 19.1. The molecule has 0 radical (unpaired) electrons. The molecular weight excluding hydrogens is 474 g/mol. The van der Waals surface area contributed by atoms with Gasteiger partial charge in [0.1, 0.15) is 5.75 Å². The third-order valence-electron chi connectivity index (χ3n) is 7.08. The number of benzene rings is 1. The van der Waals surface area contributed by atoms with Gasteiger partial charge in [-0.25, -0.2) is 0 Å². The molecule has 10 heteroatoms. The number of alkyl halides is 6. The molecule has 1 saturated heterocycles. The molecule has 1 aliphatic heterocycles. The summed E-state index contributed by atoms with van der Waals surface area (Å²) in [5.74, 6) is -0.260. The second-order valence-corrected chi connectivity index (χ2v) is 9.53. The number of rotatable bonds is 7. The third kappa shape index (κ3) is 6.46. The number of nitrogens with one attached hydrogen (secondary N) is 1. The molecule has 0 unspecified atom stereocenters. The summed E-state index contributed by atoms with van der Waals surface area (Å²) in [5.41, 5.74) is -0.358. The SMILES string of the molecule is FC(F)(F)Oc1cccc([C@]2(CCNCc3cncc(C(F)(F)F)c3)CCOC3(CCCC3)C2)c1. The van der Waals surface area contributed by atoms with E-state index in [-0.39, 0.29) is 17.9 Å². The summed E-state index contributed by atoms with van der Waals surface area (Å²) in [6.07, 6.45) is -1.23. The number of hydrogen-bond acceptors (Lipinski definition) is 4. The Hall–Kier alpha value is -2.33. The van der Waals surface area contributed by atoms with Crippen molar-refractivity contribution in [3.05, 3.63) is 59.4 Å². The minimum Gasteiger partial charge on any atom is -0.406 e. The first-order valence-electron chi connectivity index (χ1n) is 11.7. The van der Waals surface area contributed by atoms with Gasteiger partial charge < -0.3 is 14.8 Å². The van der Waals surface area contributed by atoms with Crippen LogP contribution in [0.25, 0.3) is 0 Å². The lowest BCUT2D eigenvalue weighted by molar-refractivity contribution is -0.274. The van der Waals surface area contributed by atoms with E-state index in [9.17, 15) is 26.3 Å². The summed E-state index contributed by atoms with van der Waals surface area (Å²) >= 11 is 0. The van der Waals surface area contributed by atoms with Crippen LogP contribution < -0.4 is 10.1 Å². The monoisotopic (exact) mass is 502 g/mol. The smallest absolute Gasteiger partial charge is 0.406 e. The van der Waals surface area contributed by atoms with Gasteiger partial charge in [-0.3, -0.25) is 4.98 Å². The summed E-state index contributed by atoms with van der Waals surface area (Å²) < 4.78 is 87.8. The summed E-state index contributed by atoms with van der Waals surface area (Å²) in [6.45, 7) is 1.17. The third-order valence-corrected chi connectivity index (χ3v) is 7.08. The van der Waals surface area contributed by atoms with Crippen molar-refractivity contribution in [2.75, 3.05) is 13.2 Å². The molecule has 0 bridgehead atoms. The van der Waals surface area contributed by atoms with E-state index in [1.54, 1.807) is 6.07 Å². The minimum atomic E-state index is -4.78. The van der Waals surface area contributed by atoms with Gasteiger partial charge >= 0.3 is 12.5 Å². The van der Waals surface area contributed by atoms with Crippen LogP contribution in [0.3, 0.4) is 0 Å². The summed E-state index contributed by atoms with van der Waals surface area (Å²) in [4.78, 5) is 3.69. The topological polar surface area (TPSA) is 43.4 Å². The fraction of sp³-hybridized carbons (Fsp3) is 0.560. The molecule has 1 aromatic carbocycles. The van der Waals surface area contributed by atoms with Crippen molar-refractivity contribution in [1.29, 1.82) is 0 Å². The lowest BCUT2D eigenvalue weighted by Gasteiger charge is -2.47. The molecule has 1 atom stereocenters. The number of aromatic nitrogens is 1. The van der Waals surface area contributed by atoms with E-state index in [1.807, 2.05) is 6.07 Å². The first-order chi connectivity index (χ1) is 16.5. The van der Waals surface area contributed by atoms with Gasteiger partial charge in [0.25, 0.3) is 0 Å². The largest absolute Gasteiger partial charge is 0.573 e. The van der Waals surface area contributed by atoms with Crippen molar-refractivity contribution in [3.8, 4) is 5.75 Å². The summed E-state index contributed by atoms with van der Waals surface area (Å²) in [6, 6.07) is 7.20. The first-order valence-corrected chi connectivity index (χ1v) is 11.7. The van der Waals surface area contributed by atoms with Gasteiger partial charge in [0.2, 0.25) is 0 Å². The molecule has 0 amide bonds. The van der Waals surface area contributed by atoms with E-state index in [0.29, 0.717) is 38.0 Å². The zero-order valence-corrected chi connectivity index (χ0v) is 19.1. The Morgan fingerprint density at radius 3 is 2.49 bits per heavy atom. The molecule has 1 N–H and O–H groups in total. The molecule has 1 aliphatic carbocycles. The Morgan fingerprint density at radius 2 is 1.77 bits per heavy atom. The number of pyridine rings is 1. The van der Waals surface area contributed by atoms with Crippen molar-refractivity contribution < 1.29 is 35.8 Å². The Morgan fingerprint density at radius 1 is 1.00 bits per heavy atom. The molecule has 1 spiro atoms. The van der Waals surface area contributed by atoms with Crippen LogP contribution in [-0.4, -0.2) is 30.1 Å². The lowest BCUT2D eigenvalue weighted by Crippen LogP contribution is -2.47. The van der Waals surface area contributed by atoms with Crippen molar-refractivity contribution in [3.63, 3.8) is 0 Å². The molecule has 2 fully saturated rings. The van der Waals surface area contributed by atoms with E-state index >= 15 is 0 Å². The molecular formula is C25H28F6N2O2. The molecule has 1 saturated carbocycles. The quantitative estimate of drug-likeness (QED) is 0.345. The van der Waals surface area contributed by atoms with Crippen molar-refractivity contribution in [1.82, 2.24) is 10.3 Å². The predicted molar refractivity (Wildman–Crippen MR) is 117 cm³/mol. The van der Waals surface area contributed by atoms with Crippen LogP contribution in [0.5, 0.6) is 5.75 Å². The predicted octanol–water partition coefficient (Wildman–Crippen LogP) is 6.54. The van der Waals surface area contributed by atoms with E-state index in [1.165, 1.54) is 18.3 Å². The molecule has 2 aliphatic rings. The maximum Gasteiger partial charge on any atom is 0.573 e. The van der Waals surface area contributed by atoms with Gasteiger partial charge in [0, 0.05) is 31.0 Å². The highest BCUT2D eigenvalue weighted by Gasteiger charge is 2.48. The van der Waals surface area contributed by atoms with Crippen LogP contribution in [0, 0.1) is 0 Å². The van der Waals surface area contributed by atoms with E-state index in [0.717, 1.165) is 43.5 Å². The molecule has 192 valence electrons. The van der Waals surface area contributed by atoms with Gasteiger partial charge in [0.15, 0.2) is 0 Å². The molecule has 1 aromatic heterocycles. The fourth-order valence-electron chi connectivity index (χ4n) is 5.49. The Balaban J connectivity index is 1.51. The van der Waals surface area contributed by atoms with Gasteiger partial charge in [-0.15, -0.1) is 13.2 Å². The van der Waals surface area contributed by atoms with Crippen LogP contribution >= 0.6 is 0 Å². The summed E-state index contributed by atoms with van der Waals surface area (Å²) in [5, 5.41) is 3.19. The minimum absolute atomic E-state index is 0.200. The normalized spacial score (nSPS) is 22.5. The van der Waals surface area contributed by atoms with Crippen LogP contribution in [0.2, 0.25) is 0 Å². The molecule has 2 aromatic rings. The van der Waals surface area contributed by atoms with E-state index in [4.69, 9.17) is 4.74 Å². The van der Waals surface area contributed by atoms with E-state index < -0.39 is 23.5 Å². The second kappa shape index (κ2) is 9.97. The first kappa shape index (κ1) is 25.8. The standard InChI is InChI=1S/C25H28F6N2O2/c26-24(27,28)20-12-18(15-33-16-20)14-32-10-8-22(9-11-34-23(17-22)6-1-2-7-23)19-4-3-5-21(13-19)35-25(29,30)31/h3-5,12-13,15-16,32H,1-2,6-11,14,17H2/t22-/m1/s1. The molecule has 4 rings (SSSR count). The Labute approximate surface area is 200 Å². The fourth-order valence-corrected chi connectivity index (χ4v) is 5.49. The number of nitrogens with zero attached hydrogens (tertiary/aromatic N) is 1. The van der Waals surface area contributed by atoms with Gasteiger partial charge in [-0.1, -0.05) is 25.0 Å². The van der Waals surface area contributed by atoms with Crippen molar-refractivity contribution >= 4 is 0 Å². The van der Waals surface area contributed by atoms with Gasteiger partial charge in [-0.05, 0) is 68.0 Å². The highest BCUT2D eigenvalue weighted by molar-refractivity contribution is 5.35. The van der Waals surface area contributed by atoms with Gasteiger partial charge in [0.05, 0.1) is 11.2 Å². The van der Waals surface area contributed by atoms with E-state index in [2.05, 4.69) is 15.0 Å². The lowest BCUT2D eigenvalue weighted by atomic mass is 9.66. The highest BCUT2D eigenvalue weighted by atomic mass is 19.4. The molecule has 4 nitrogen and oxygen atoms in total. The second-order valence-electron chi connectivity index (χ2n) is 9.53.